The van der Waals surface area contributed by atoms with Gasteiger partial charge in [0.25, 0.3) is 0 Å². The van der Waals surface area contributed by atoms with E-state index in [1.165, 1.54) is 4.57 Å². The fourth-order valence-corrected chi connectivity index (χ4v) is 3.57. The number of nitrogens with zero attached hydrogens (tertiary/aromatic N) is 3. The predicted molar refractivity (Wildman–Crippen MR) is 93.1 cm³/mol. The molecule has 0 aliphatic heterocycles. The van der Waals surface area contributed by atoms with Crippen LogP contribution in [0, 0.1) is 0 Å². The molecule has 1 aromatic carbocycles. The molecule has 1 unspecified atom stereocenters. The summed E-state index contributed by atoms with van der Waals surface area (Å²) in [4.78, 5) is 13.9. The molecule has 0 spiro atoms. The molecule has 1 aliphatic carbocycles. The molecule has 3 atom stereocenters. The Kier molecular flexibility index (Phi) is 5.67. The Morgan fingerprint density at radius 2 is 2.04 bits per heavy atom. The van der Waals surface area contributed by atoms with Crippen molar-refractivity contribution in [2.24, 2.45) is 0 Å². The largest absolute Gasteiger partial charge is 0.441 e. The Morgan fingerprint density at radius 3 is 2.76 bits per heavy atom. The molecule has 136 valence electrons. The fourth-order valence-electron chi connectivity index (χ4n) is 3.57. The zero-order valence-corrected chi connectivity index (χ0v) is 14.4. The Morgan fingerprint density at radius 1 is 1.32 bits per heavy atom. The molecule has 2 aromatic rings. The van der Waals surface area contributed by atoms with Crippen LogP contribution in [0.1, 0.15) is 25.7 Å². The van der Waals surface area contributed by atoms with Crippen LogP contribution < -0.4 is 5.76 Å². The summed E-state index contributed by atoms with van der Waals surface area (Å²) in [7, 11) is 1.90. The van der Waals surface area contributed by atoms with Crippen molar-refractivity contribution >= 4 is 0 Å². The zero-order chi connectivity index (χ0) is 17.8. The average Bonchev–Trinajstić information content (AvgIpc) is 2.96. The number of rotatable bonds is 6. The molecular weight excluding hydrogens is 322 g/mol. The van der Waals surface area contributed by atoms with Gasteiger partial charge in [-0.1, -0.05) is 48.3 Å². The van der Waals surface area contributed by atoms with Crippen molar-refractivity contribution in [3.8, 4) is 11.4 Å². The third-order valence-electron chi connectivity index (χ3n) is 4.87. The van der Waals surface area contributed by atoms with Gasteiger partial charge in [-0.05, 0) is 19.9 Å². The molecule has 0 saturated heterocycles. The van der Waals surface area contributed by atoms with E-state index in [0.29, 0.717) is 12.4 Å². The van der Waals surface area contributed by atoms with Gasteiger partial charge in [0.15, 0.2) is 5.82 Å². The van der Waals surface area contributed by atoms with Crippen LogP contribution in [0.25, 0.3) is 11.4 Å². The maximum absolute atomic E-state index is 12.0. The normalized spacial score (nSPS) is 22.2. The molecule has 0 radical (unpaired) electrons. The van der Waals surface area contributed by atoms with Crippen molar-refractivity contribution in [1.29, 1.82) is 0 Å². The maximum atomic E-state index is 12.0. The van der Waals surface area contributed by atoms with E-state index in [1.54, 1.807) is 0 Å². The highest BCUT2D eigenvalue weighted by molar-refractivity contribution is 5.54. The third-order valence-corrected chi connectivity index (χ3v) is 4.87. The Hall–Kier alpha value is -1.96. The van der Waals surface area contributed by atoms with E-state index in [2.05, 4.69) is 5.16 Å². The predicted octanol–water partition coefficient (Wildman–Crippen LogP) is 1.10. The van der Waals surface area contributed by atoms with Crippen LogP contribution in [0.15, 0.2) is 39.6 Å². The second-order valence-electron chi connectivity index (χ2n) is 6.76. The summed E-state index contributed by atoms with van der Waals surface area (Å²) >= 11 is 0. The van der Waals surface area contributed by atoms with Gasteiger partial charge < -0.3 is 10.2 Å². The first kappa shape index (κ1) is 17.8. The number of aliphatic hydroxyl groups excluding tert-OH is 2. The number of hydrogen-bond donors (Lipinski definition) is 2. The number of benzene rings is 1. The van der Waals surface area contributed by atoms with Crippen molar-refractivity contribution in [3.63, 3.8) is 0 Å². The van der Waals surface area contributed by atoms with Gasteiger partial charge in [0.2, 0.25) is 0 Å². The molecule has 2 N–H and O–H groups in total. The zero-order valence-electron chi connectivity index (χ0n) is 14.4. The first-order valence-corrected chi connectivity index (χ1v) is 8.74. The first-order valence-electron chi connectivity index (χ1n) is 8.74. The summed E-state index contributed by atoms with van der Waals surface area (Å²) < 4.78 is 6.13. The quantitative estimate of drug-likeness (QED) is 0.813. The maximum Gasteiger partial charge on any atom is 0.441 e. The van der Waals surface area contributed by atoms with Gasteiger partial charge in [-0.2, -0.15) is 0 Å². The standard InChI is InChI=1S/C18H25N3O4/c1-20(15-9-5-6-10-16(15)23)11-14(22)12-21-17(19-25-18(21)24)13-7-3-2-4-8-13/h2-4,7-8,14-16,22-23H,5-6,9-12H2,1H3/t14?,15-,16-/m1/s1. The van der Waals surface area contributed by atoms with Crippen LogP contribution >= 0.6 is 0 Å². The van der Waals surface area contributed by atoms with E-state index in [9.17, 15) is 15.0 Å². The lowest BCUT2D eigenvalue weighted by Crippen LogP contribution is -2.47. The van der Waals surface area contributed by atoms with Gasteiger partial charge >= 0.3 is 5.76 Å². The number of hydrogen-bond acceptors (Lipinski definition) is 6. The van der Waals surface area contributed by atoms with Crippen molar-refractivity contribution in [3.05, 3.63) is 40.9 Å². The SMILES string of the molecule is CN(CC(O)Cn1c(-c2ccccc2)noc1=O)[C@@H]1CCCC[C@H]1O. The topological polar surface area (TPSA) is 91.7 Å². The van der Waals surface area contributed by atoms with Gasteiger partial charge in [0.1, 0.15) is 0 Å². The average molecular weight is 347 g/mol. The lowest BCUT2D eigenvalue weighted by Gasteiger charge is -2.36. The second kappa shape index (κ2) is 7.95. The summed E-state index contributed by atoms with van der Waals surface area (Å²) in [5.74, 6) is -0.178. The lowest BCUT2D eigenvalue weighted by atomic mass is 9.91. The molecule has 1 aliphatic rings. The van der Waals surface area contributed by atoms with E-state index in [0.717, 1.165) is 31.2 Å². The van der Waals surface area contributed by atoms with Crippen LogP contribution in [0.2, 0.25) is 0 Å². The van der Waals surface area contributed by atoms with Crippen LogP contribution in [-0.4, -0.2) is 56.7 Å². The number of aliphatic hydroxyl groups is 2. The Labute approximate surface area is 146 Å². The van der Waals surface area contributed by atoms with E-state index in [4.69, 9.17) is 4.52 Å². The second-order valence-corrected chi connectivity index (χ2v) is 6.76. The van der Waals surface area contributed by atoms with Crippen LogP contribution in [0.5, 0.6) is 0 Å². The van der Waals surface area contributed by atoms with E-state index in [1.807, 2.05) is 42.3 Å². The van der Waals surface area contributed by atoms with Gasteiger partial charge in [-0.3, -0.25) is 14.0 Å². The van der Waals surface area contributed by atoms with E-state index < -0.39 is 11.9 Å². The Bertz CT molecular complexity index is 727. The van der Waals surface area contributed by atoms with Crippen LogP contribution in [0.4, 0.5) is 0 Å². The molecule has 0 amide bonds. The molecule has 0 bridgehead atoms. The van der Waals surface area contributed by atoms with Gasteiger partial charge in [-0.25, -0.2) is 4.79 Å². The minimum absolute atomic E-state index is 0.0520. The lowest BCUT2D eigenvalue weighted by molar-refractivity contribution is 0.00810. The first-order chi connectivity index (χ1) is 12.1. The summed E-state index contributed by atoms with van der Waals surface area (Å²) in [5.41, 5.74) is 0.761. The van der Waals surface area contributed by atoms with E-state index >= 15 is 0 Å². The summed E-state index contributed by atoms with van der Waals surface area (Å²) in [5, 5.41) is 24.4. The third kappa shape index (κ3) is 4.18. The van der Waals surface area contributed by atoms with E-state index in [-0.39, 0.29) is 18.7 Å². The van der Waals surface area contributed by atoms with Crippen molar-refractivity contribution in [1.82, 2.24) is 14.6 Å². The van der Waals surface area contributed by atoms with Gasteiger partial charge in [-0.15, -0.1) is 0 Å². The van der Waals surface area contributed by atoms with Crippen molar-refractivity contribution in [2.45, 2.75) is 50.5 Å². The Balaban J connectivity index is 1.68. The molecule has 1 fully saturated rings. The molecule has 3 rings (SSSR count). The molecule has 1 heterocycles. The molecule has 1 aromatic heterocycles. The van der Waals surface area contributed by atoms with Gasteiger partial charge in [0, 0.05) is 18.2 Å². The molecule has 25 heavy (non-hydrogen) atoms. The number of likely N-dealkylation sites (N-methyl/N-ethyl adjacent to an activating group) is 1. The molecule has 7 nitrogen and oxygen atoms in total. The van der Waals surface area contributed by atoms with Crippen LogP contribution in [0.3, 0.4) is 0 Å². The minimum atomic E-state index is -0.765. The minimum Gasteiger partial charge on any atom is -0.391 e. The molecular formula is C18H25N3O4. The highest BCUT2D eigenvalue weighted by atomic mass is 16.5. The smallest absolute Gasteiger partial charge is 0.391 e. The highest BCUT2D eigenvalue weighted by Gasteiger charge is 2.28. The van der Waals surface area contributed by atoms with Gasteiger partial charge in [0.05, 0.1) is 18.8 Å². The highest BCUT2D eigenvalue weighted by Crippen LogP contribution is 2.22. The number of aromatic nitrogens is 2. The van der Waals surface area contributed by atoms with Crippen molar-refractivity contribution in [2.75, 3.05) is 13.6 Å². The molecule has 1 saturated carbocycles. The summed E-state index contributed by atoms with van der Waals surface area (Å²) in [6.07, 6.45) is 2.74. The van der Waals surface area contributed by atoms with Crippen molar-refractivity contribution < 1.29 is 14.7 Å². The fraction of sp³-hybridized carbons (Fsp3) is 0.556. The summed E-state index contributed by atoms with van der Waals surface area (Å²) in [6.45, 7) is 0.466. The van der Waals surface area contributed by atoms with Crippen LogP contribution in [-0.2, 0) is 6.54 Å². The monoisotopic (exact) mass is 347 g/mol. The molecule has 7 heteroatoms. The summed E-state index contributed by atoms with van der Waals surface area (Å²) in [6, 6.07) is 9.32.